The van der Waals surface area contributed by atoms with E-state index in [1.165, 1.54) is 0 Å². The van der Waals surface area contributed by atoms with Crippen LogP contribution in [0.15, 0.2) is 0 Å². The van der Waals surface area contributed by atoms with Crippen LogP contribution >= 0.6 is 11.8 Å². The summed E-state index contributed by atoms with van der Waals surface area (Å²) in [5.74, 6) is 0.0116. The molecule has 0 amide bonds. The molecule has 4 unspecified atom stereocenters. The monoisotopic (exact) mass is 281 g/mol. The van der Waals surface area contributed by atoms with Gasteiger partial charge in [0.1, 0.15) is 0 Å². The molecule has 1 aliphatic carbocycles. The van der Waals surface area contributed by atoms with Crippen LogP contribution < -0.4 is 5.32 Å². The van der Waals surface area contributed by atoms with Gasteiger partial charge in [-0.1, -0.05) is 19.8 Å². The zero-order valence-electron chi connectivity index (χ0n) is 10.8. The summed E-state index contributed by atoms with van der Waals surface area (Å²) in [5.41, 5.74) is 0. The number of rotatable bonds is 2. The lowest BCUT2D eigenvalue weighted by atomic mass is 9.83. The van der Waals surface area contributed by atoms with Crippen LogP contribution in [0, 0.1) is 5.92 Å². The highest BCUT2D eigenvalue weighted by atomic mass is 32.2. The fourth-order valence-electron chi connectivity index (χ4n) is 3.14. The van der Waals surface area contributed by atoms with Crippen LogP contribution in [-0.4, -0.2) is 29.3 Å². The minimum Gasteiger partial charge on any atom is -0.310 e. The average Bonchev–Trinajstić information content (AvgIpc) is 2.31. The second-order valence-electron chi connectivity index (χ2n) is 5.53. The molecule has 18 heavy (non-hydrogen) atoms. The summed E-state index contributed by atoms with van der Waals surface area (Å²) in [7, 11) is 0. The Hall–Kier alpha value is 0.100. The quantitative estimate of drug-likeness (QED) is 0.821. The Morgan fingerprint density at radius 1 is 1.00 bits per heavy atom. The summed E-state index contributed by atoms with van der Waals surface area (Å²) >= 11 is 1.88. The maximum atomic E-state index is 13.0. The summed E-state index contributed by atoms with van der Waals surface area (Å²) in [6.45, 7) is 2.13. The highest BCUT2D eigenvalue weighted by Gasteiger charge is 2.46. The molecule has 1 heterocycles. The first kappa shape index (κ1) is 14.5. The highest BCUT2D eigenvalue weighted by molar-refractivity contribution is 7.99. The fourth-order valence-corrected chi connectivity index (χ4v) is 4.29. The van der Waals surface area contributed by atoms with Gasteiger partial charge < -0.3 is 5.32 Å². The van der Waals surface area contributed by atoms with Crippen LogP contribution in [0.2, 0.25) is 0 Å². The highest BCUT2D eigenvalue weighted by Crippen LogP contribution is 2.38. The number of halogens is 3. The Bertz CT molecular complexity index is 269. The van der Waals surface area contributed by atoms with Crippen molar-refractivity contribution in [1.29, 1.82) is 0 Å². The number of hydrogen-bond acceptors (Lipinski definition) is 2. The normalized spacial score (nSPS) is 38.7. The van der Waals surface area contributed by atoms with Crippen LogP contribution in [0.1, 0.15) is 45.4 Å². The predicted octanol–water partition coefficient (Wildman–Crippen LogP) is 3.98. The van der Waals surface area contributed by atoms with E-state index in [0.29, 0.717) is 18.1 Å². The third-order valence-electron chi connectivity index (χ3n) is 4.22. The van der Waals surface area contributed by atoms with Crippen LogP contribution in [0.5, 0.6) is 0 Å². The third-order valence-corrected chi connectivity index (χ3v) is 5.60. The third kappa shape index (κ3) is 3.56. The number of hydrogen-bond donors (Lipinski definition) is 1. The van der Waals surface area contributed by atoms with Gasteiger partial charge in [0, 0.05) is 17.3 Å². The second kappa shape index (κ2) is 6.04. The summed E-state index contributed by atoms with van der Waals surface area (Å²) in [6, 6.07) is -0.0957. The molecule has 1 aliphatic heterocycles. The van der Waals surface area contributed by atoms with E-state index in [0.717, 1.165) is 31.4 Å². The Kier molecular flexibility index (Phi) is 4.86. The fraction of sp³-hybridized carbons (Fsp3) is 1.00. The molecule has 1 saturated carbocycles. The van der Waals surface area contributed by atoms with Gasteiger partial charge in [-0.15, -0.1) is 0 Å². The lowest BCUT2D eigenvalue weighted by molar-refractivity contribution is -0.189. The van der Waals surface area contributed by atoms with Gasteiger partial charge in [0.25, 0.3) is 0 Å². The average molecular weight is 281 g/mol. The van der Waals surface area contributed by atoms with Crippen LogP contribution in [-0.2, 0) is 0 Å². The summed E-state index contributed by atoms with van der Waals surface area (Å²) in [6.07, 6.45) is 0.734. The lowest BCUT2D eigenvalue weighted by Gasteiger charge is -2.39. The summed E-state index contributed by atoms with van der Waals surface area (Å²) in [5, 5.41) is 3.76. The predicted molar refractivity (Wildman–Crippen MR) is 69.9 cm³/mol. The molecule has 106 valence electrons. The van der Waals surface area contributed by atoms with E-state index in [1.54, 1.807) is 0 Å². The van der Waals surface area contributed by atoms with Gasteiger partial charge in [-0.3, -0.25) is 0 Å². The molecule has 4 atom stereocenters. The molecule has 2 fully saturated rings. The topological polar surface area (TPSA) is 12.0 Å². The number of thioether (sulfide) groups is 1. The van der Waals surface area contributed by atoms with Gasteiger partial charge in [0.15, 0.2) is 0 Å². The molecular formula is C13H22F3NS. The van der Waals surface area contributed by atoms with Crippen molar-refractivity contribution in [2.75, 3.05) is 5.75 Å². The van der Waals surface area contributed by atoms with E-state index in [-0.39, 0.29) is 12.1 Å². The van der Waals surface area contributed by atoms with Gasteiger partial charge in [0.05, 0.1) is 5.92 Å². The molecule has 0 bridgehead atoms. The van der Waals surface area contributed by atoms with Crippen molar-refractivity contribution in [3.8, 4) is 0 Å². The molecule has 2 rings (SSSR count). The van der Waals surface area contributed by atoms with Gasteiger partial charge in [-0.2, -0.15) is 24.9 Å². The molecule has 0 spiro atoms. The molecule has 2 aliphatic rings. The Labute approximate surface area is 111 Å². The standard InChI is InChI=1S/C13H22F3NS/c1-9-11(7-4-8-18-9)17-12-6-3-2-5-10(12)13(14,15)16/h9-12,17H,2-8H2,1H3. The number of alkyl halides is 3. The lowest BCUT2D eigenvalue weighted by Crippen LogP contribution is -2.52. The minimum absolute atomic E-state index is 0.261. The first-order valence-corrected chi connectivity index (χ1v) is 7.97. The maximum absolute atomic E-state index is 13.0. The Morgan fingerprint density at radius 3 is 2.33 bits per heavy atom. The molecule has 1 N–H and O–H groups in total. The largest absolute Gasteiger partial charge is 0.393 e. The van der Waals surface area contributed by atoms with Crippen molar-refractivity contribution >= 4 is 11.8 Å². The maximum Gasteiger partial charge on any atom is 0.393 e. The van der Waals surface area contributed by atoms with Crippen molar-refractivity contribution in [2.45, 2.75) is 69.0 Å². The molecular weight excluding hydrogens is 259 g/mol. The molecule has 0 radical (unpaired) electrons. The Balaban J connectivity index is 1.96. The first-order chi connectivity index (χ1) is 8.48. The molecule has 0 aromatic heterocycles. The second-order valence-corrected chi connectivity index (χ2v) is 7.02. The van der Waals surface area contributed by atoms with Crippen molar-refractivity contribution in [1.82, 2.24) is 5.32 Å². The smallest absolute Gasteiger partial charge is 0.310 e. The van der Waals surface area contributed by atoms with E-state index < -0.39 is 12.1 Å². The van der Waals surface area contributed by atoms with Crippen molar-refractivity contribution in [3.05, 3.63) is 0 Å². The van der Waals surface area contributed by atoms with E-state index in [9.17, 15) is 13.2 Å². The van der Waals surface area contributed by atoms with Crippen LogP contribution in [0.25, 0.3) is 0 Å². The Morgan fingerprint density at radius 2 is 1.67 bits per heavy atom. The molecule has 0 aromatic rings. The zero-order chi connectivity index (χ0) is 13.2. The van der Waals surface area contributed by atoms with Crippen LogP contribution in [0.3, 0.4) is 0 Å². The summed E-state index contributed by atoms with van der Waals surface area (Å²) < 4.78 is 39.0. The van der Waals surface area contributed by atoms with Crippen molar-refractivity contribution < 1.29 is 13.2 Å². The molecule has 1 saturated heterocycles. The van der Waals surface area contributed by atoms with Crippen molar-refractivity contribution in [2.24, 2.45) is 5.92 Å². The first-order valence-electron chi connectivity index (χ1n) is 6.93. The van der Waals surface area contributed by atoms with E-state index >= 15 is 0 Å². The van der Waals surface area contributed by atoms with Crippen molar-refractivity contribution in [3.63, 3.8) is 0 Å². The molecule has 5 heteroatoms. The molecule has 1 nitrogen and oxygen atoms in total. The minimum atomic E-state index is -4.04. The van der Waals surface area contributed by atoms with Gasteiger partial charge in [-0.25, -0.2) is 0 Å². The SMILES string of the molecule is CC1SCCCC1NC1CCCCC1C(F)(F)F. The van der Waals surface area contributed by atoms with Gasteiger partial charge in [0.2, 0.25) is 0 Å². The summed E-state index contributed by atoms with van der Waals surface area (Å²) in [4.78, 5) is 0. The van der Waals surface area contributed by atoms with E-state index in [1.807, 2.05) is 11.8 Å². The molecule has 0 aromatic carbocycles. The van der Waals surface area contributed by atoms with Crippen LogP contribution in [0.4, 0.5) is 13.2 Å². The number of nitrogens with one attached hydrogen (secondary N) is 1. The van der Waals surface area contributed by atoms with Gasteiger partial charge >= 0.3 is 6.18 Å². The van der Waals surface area contributed by atoms with E-state index in [4.69, 9.17) is 0 Å². The zero-order valence-corrected chi connectivity index (χ0v) is 11.6. The van der Waals surface area contributed by atoms with E-state index in [2.05, 4.69) is 12.2 Å². The van der Waals surface area contributed by atoms with Gasteiger partial charge in [-0.05, 0) is 31.4 Å².